The van der Waals surface area contributed by atoms with Gasteiger partial charge in [-0.1, -0.05) is 42.0 Å². The van der Waals surface area contributed by atoms with E-state index in [1.807, 2.05) is 31.2 Å². The molecule has 6 nitrogen and oxygen atoms in total. The second kappa shape index (κ2) is 9.17. The zero-order valence-electron chi connectivity index (χ0n) is 16.7. The molecular formula is C22H26N2O4. The molecular weight excluding hydrogens is 356 g/mol. The Morgan fingerprint density at radius 2 is 1.71 bits per heavy atom. The van der Waals surface area contributed by atoms with Crippen LogP contribution in [0.5, 0.6) is 0 Å². The zero-order chi connectivity index (χ0) is 20.7. The second-order valence-corrected chi connectivity index (χ2v) is 7.02. The fourth-order valence-corrected chi connectivity index (χ4v) is 2.59. The average molecular weight is 382 g/mol. The summed E-state index contributed by atoms with van der Waals surface area (Å²) < 4.78 is 5.01. The highest BCUT2D eigenvalue weighted by Crippen LogP contribution is 2.22. The van der Waals surface area contributed by atoms with Crippen molar-refractivity contribution in [3.63, 3.8) is 0 Å². The Labute approximate surface area is 165 Å². The van der Waals surface area contributed by atoms with E-state index in [4.69, 9.17) is 4.74 Å². The van der Waals surface area contributed by atoms with Crippen LogP contribution in [-0.4, -0.2) is 24.4 Å². The van der Waals surface area contributed by atoms with Gasteiger partial charge in [0.2, 0.25) is 11.8 Å². The Hall–Kier alpha value is -3.15. The molecule has 0 aliphatic rings. The standard InChI is InChI=1S/C22H26N2O4/c1-5-28-19(25)17-11-6-7-12-18(17)24-21(27)22(3,4)20(26)23-14-16-10-8-9-15(2)13-16/h6-13H,5,14H2,1-4H3,(H,23,26)(H,24,27). The van der Waals surface area contributed by atoms with Gasteiger partial charge < -0.3 is 15.4 Å². The first-order valence-electron chi connectivity index (χ1n) is 9.17. The maximum atomic E-state index is 12.7. The van der Waals surface area contributed by atoms with Gasteiger partial charge in [0.1, 0.15) is 5.41 Å². The number of esters is 1. The number of carbonyl (C=O) groups is 3. The summed E-state index contributed by atoms with van der Waals surface area (Å²) in [6, 6.07) is 14.3. The van der Waals surface area contributed by atoms with Crippen molar-refractivity contribution < 1.29 is 19.1 Å². The molecule has 148 valence electrons. The molecule has 2 aromatic rings. The minimum atomic E-state index is -1.33. The number of amides is 2. The van der Waals surface area contributed by atoms with Gasteiger partial charge in [0.05, 0.1) is 17.9 Å². The molecule has 0 saturated carbocycles. The molecule has 0 atom stereocenters. The van der Waals surface area contributed by atoms with Gasteiger partial charge >= 0.3 is 5.97 Å². The summed E-state index contributed by atoms with van der Waals surface area (Å²) in [4.78, 5) is 37.4. The number of anilines is 1. The molecule has 0 fully saturated rings. The van der Waals surface area contributed by atoms with E-state index in [9.17, 15) is 14.4 Å². The molecule has 0 bridgehead atoms. The number of aryl methyl sites for hydroxylation is 1. The third-order valence-electron chi connectivity index (χ3n) is 4.34. The monoisotopic (exact) mass is 382 g/mol. The fraction of sp³-hybridized carbons (Fsp3) is 0.318. The molecule has 2 rings (SSSR count). The number of ether oxygens (including phenoxy) is 1. The lowest BCUT2D eigenvalue weighted by Gasteiger charge is -2.23. The van der Waals surface area contributed by atoms with Crippen molar-refractivity contribution in [1.29, 1.82) is 0 Å². The molecule has 0 unspecified atom stereocenters. The molecule has 2 N–H and O–H groups in total. The van der Waals surface area contributed by atoms with E-state index in [0.29, 0.717) is 12.2 Å². The van der Waals surface area contributed by atoms with Crippen LogP contribution in [-0.2, 0) is 20.9 Å². The maximum absolute atomic E-state index is 12.7. The minimum Gasteiger partial charge on any atom is -0.462 e. The van der Waals surface area contributed by atoms with Gasteiger partial charge in [0, 0.05) is 6.54 Å². The third kappa shape index (κ3) is 5.19. The van der Waals surface area contributed by atoms with Crippen LogP contribution in [0.4, 0.5) is 5.69 Å². The van der Waals surface area contributed by atoms with Crippen molar-refractivity contribution in [2.45, 2.75) is 34.2 Å². The number of rotatable bonds is 7. The van der Waals surface area contributed by atoms with Gasteiger partial charge in [-0.3, -0.25) is 9.59 Å². The average Bonchev–Trinajstić information content (AvgIpc) is 2.66. The first-order chi connectivity index (χ1) is 13.3. The number of hydrogen-bond donors (Lipinski definition) is 2. The largest absolute Gasteiger partial charge is 0.462 e. The molecule has 0 aliphatic heterocycles. The Bertz CT molecular complexity index is 874. The van der Waals surface area contributed by atoms with Crippen LogP contribution in [0.25, 0.3) is 0 Å². The number of carbonyl (C=O) groups excluding carboxylic acids is 3. The first kappa shape index (κ1) is 21.2. The summed E-state index contributed by atoms with van der Waals surface area (Å²) in [5.41, 5.74) is 1.28. The SMILES string of the molecule is CCOC(=O)c1ccccc1NC(=O)C(C)(C)C(=O)NCc1cccc(C)c1. The first-order valence-corrected chi connectivity index (χ1v) is 9.17. The summed E-state index contributed by atoms with van der Waals surface area (Å²) in [7, 11) is 0. The van der Waals surface area contributed by atoms with Gasteiger partial charge in [-0.15, -0.1) is 0 Å². The molecule has 0 saturated heterocycles. The summed E-state index contributed by atoms with van der Waals surface area (Å²) in [5.74, 6) is -1.44. The lowest BCUT2D eigenvalue weighted by Crippen LogP contribution is -2.45. The molecule has 0 radical (unpaired) electrons. The molecule has 6 heteroatoms. The highest BCUT2D eigenvalue weighted by molar-refractivity contribution is 6.11. The lowest BCUT2D eigenvalue weighted by molar-refractivity contribution is -0.138. The number of para-hydroxylation sites is 1. The Morgan fingerprint density at radius 3 is 2.39 bits per heavy atom. The van der Waals surface area contributed by atoms with Crippen LogP contribution in [0, 0.1) is 12.3 Å². The molecule has 0 heterocycles. The highest BCUT2D eigenvalue weighted by Gasteiger charge is 2.36. The Morgan fingerprint density at radius 1 is 1.00 bits per heavy atom. The Balaban J connectivity index is 2.08. The van der Waals surface area contributed by atoms with Crippen molar-refractivity contribution in [3.8, 4) is 0 Å². The van der Waals surface area contributed by atoms with Crippen molar-refractivity contribution in [1.82, 2.24) is 5.32 Å². The number of hydrogen-bond acceptors (Lipinski definition) is 4. The predicted octanol–water partition coefficient (Wildman–Crippen LogP) is 3.45. The lowest BCUT2D eigenvalue weighted by atomic mass is 9.90. The van der Waals surface area contributed by atoms with E-state index in [0.717, 1.165) is 11.1 Å². The van der Waals surface area contributed by atoms with E-state index >= 15 is 0 Å². The third-order valence-corrected chi connectivity index (χ3v) is 4.34. The van der Waals surface area contributed by atoms with E-state index < -0.39 is 23.2 Å². The van der Waals surface area contributed by atoms with Crippen molar-refractivity contribution in [3.05, 3.63) is 65.2 Å². The summed E-state index contributed by atoms with van der Waals surface area (Å²) in [5, 5.41) is 5.48. The summed E-state index contributed by atoms with van der Waals surface area (Å²) >= 11 is 0. The predicted molar refractivity (Wildman–Crippen MR) is 108 cm³/mol. The quantitative estimate of drug-likeness (QED) is 0.567. The molecule has 0 aromatic heterocycles. The molecule has 2 amide bonds. The summed E-state index contributed by atoms with van der Waals surface area (Å²) in [6.45, 7) is 7.33. The number of benzene rings is 2. The van der Waals surface area contributed by atoms with E-state index in [-0.39, 0.29) is 12.2 Å². The van der Waals surface area contributed by atoms with Crippen LogP contribution >= 0.6 is 0 Å². The molecule has 28 heavy (non-hydrogen) atoms. The second-order valence-electron chi connectivity index (χ2n) is 7.02. The smallest absolute Gasteiger partial charge is 0.340 e. The van der Waals surface area contributed by atoms with Crippen LogP contribution < -0.4 is 10.6 Å². The topological polar surface area (TPSA) is 84.5 Å². The van der Waals surface area contributed by atoms with Gasteiger partial charge in [0.25, 0.3) is 0 Å². The summed E-state index contributed by atoms with van der Waals surface area (Å²) in [6.07, 6.45) is 0. The van der Waals surface area contributed by atoms with Gasteiger partial charge in [0.15, 0.2) is 0 Å². The van der Waals surface area contributed by atoms with Crippen LogP contribution in [0.15, 0.2) is 48.5 Å². The van der Waals surface area contributed by atoms with E-state index in [1.54, 1.807) is 45.0 Å². The van der Waals surface area contributed by atoms with E-state index in [1.165, 1.54) is 0 Å². The molecule has 0 spiro atoms. The van der Waals surface area contributed by atoms with Gasteiger partial charge in [-0.2, -0.15) is 0 Å². The van der Waals surface area contributed by atoms with Gasteiger partial charge in [-0.05, 0) is 45.4 Å². The van der Waals surface area contributed by atoms with Gasteiger partial charge in [-0.25, -0.2) is 4.79 Å². The van der Waals surface area contributed by atoms with Crippen LogP contribution in [0.1, 0.15) is 42.3 Å². The highest BCUT2D eigenvalue weighted by atomic mass is 16.5. The normalized spacial score (nSPS) is 10.9. The zero-order valence-corrected chi connectivity index (χ0v) is 16.7. The van der Waals surface area contributed by atoms with Crippen LogP contribution in [0.2, 0.25) is 0 Å². The van der Waals surface area contributed by atoms with Crippen LogP contribution in [0.3, 0.4) is 0 Å². The minimum absolute atomic E-state index is 0.230. The fourth-order valence-electron chi connectivity index (χ4n) is 2.59. The van der Waals surface area contributed by atoms with Crippen molar-refractivity contribution >= 4 is 23.5 Å². The molecule has 2 aromatic carbocycles. The maximum Gasteiger partial charge on any atom is 0.340 e. The number of nitrogens with one attached hydrogen (secondary N) is 2. The molecule has 0 aliphatic carbocycles. The Kier molecular flexibility index (Phi) is 6.93. The van der Waals surface area contributed by atoms with Crippen molar-refractivity contribution in [2.75, 3.05) is 11.9 Å². The van der Waals surface area contributed by atoms with E-state index in [2.05, 4.69) is 10.6 Å². The van der Waals surface area contributed by atoms with Crippen molar-refractivity contribution in [2.24, 2.45) is 5.41 Å².